The molecule has 1 saturated heterocycles. The molecule has 2 heteroatoms. The molecule has 0 aromatic heterocycles. The molecule has 1 heterocycles. The second kappa shape index (κ2) is 6.65. The number of rotatable bonds is 5. The summed E-state index contributed by atoms with van der Waals surface area (Å²) in [4.78, 5) is 0. The van der Waals surface area contributed by atoms with Gasteiger partial charge in [0, 0.05) is 6.04 Å². The highest BCUT2D eigenvalue weighted by molar-refractivity contribution is 5.28. The smallest absolute Gasteiger partial charge is 0.119 e. The van der Waals surface area contributed by atoms with E-state index in [1.54, 1.807) is 0 Å². The summed E-state index contributed by atoms with van der Waals surface area (Å²) in [6.07, 6.45) is 6.19. The summed E-state index contributed by atoms with van der Waals surface area (Å²) in [6, 6.07) is 9.09. The van der Waals surface area contributed by atoms with Crippen LogP contribution in [0.25, 0.3) is 0 Å². The van der Waals surface area contributed by atoms with E-state index in [2.05, 4.69) is 30.4 Å². The van der Waals surface area contributed by atoms with E-state index in [1.165, 1.54) is 31.4 Å². The van der Waals surface area contributed by atoms with Crippen LogP contribution in [0.3, 0.4) is 0 Å². The van der Waals surface area contributed by atoms with E-state index in [0.717, 1.165) is 25.2 Å². The maximum Gasteiger partial charge on any atom is 0.119 e. The molecule has 0 radical (unpaired) electrons. The Bertz CT molecular complexity index is 331. The van der Waals surface area contributed by atoms with Crippen LogP contribution in [0.5, 0.6) is 5.75 Å². The van der Waals surface area contributed by atoms with E-state index in [9.17, 15) is 0 Å². The number of piperidine rings is 1. The van der Waals surface area contributed by atoms with Crippen molar-refractivity contribution < 1.29 is 4.74 Å². The average molecular weight is 233 g/mol. The quantitative estimate of drug-likeness (QED) is 0.843. The number of hydrogen-bond donors (Lipinski definition) is 1. The van der Waals surface area contributed by atoms with Crippen molar-refractivity contribution in [3.05, 3.63) is 29.8 Å². The normalized spacial score (nSPS) is 20.2. The highest BCUT2D eigenvalue weighted by Gasteiger charge is 2.11. The topological polar surface area (TPSA) is 21.3 Å². The van der Waals surface area contributed by atoms with Crippen molar-refractivity contribution in [1.29, 1.82) is 0 Å². The summed E-state index contributed by atoms with van der Waals surface area (Å²) in [5, 5.41) is 3.55. The van der Waals surface area contributed by atoms with Crippen LogP contribution in [0.4, 0.5) is 0 Å². The van der Waals surface area contributed by atoms with E-state index < -0.39 is 0 Å². The Labute approximate surface area is 104 Å². The highest BCUT2D eigenvalue weighted by atomic mass is 16.5. The molecule has 0 aliphatic carbocycles. The molecule has 94 valence electrons. The Kier molecular flexibility index (Phi) is 4.87. The fourth-order valence-electron chi connectivity index (χ4n) is 2.34. The second-order valence-corrected chi connectivity index (χ2v) is 4.78. The van der Waals surface area contributed by atoms with E-state index >= 15 is 0 Å². The van der Waals surface area contributed by atoms with Gasteiger partial charge < -0.3 is 10.1 Å². The lowest BCUT2D eigenvalue weighted by atomic mass is 10.0. The number of aryl methyl sites for hydroxylation is 1. The van der Waals surface area contributed by atoms with Crippen LogP contribution in [-0.4, -0.2) is 19.2 Å². The van der Waals surface area contributed by atoms with Crippen molar-refractivity contribution in [2.24, 2.45) is 0 Å². The van der Waals surface area contributed by atoms with Gasteiger partial charge >= 0.3 is 0 Å². The number of ether oxygens (including phenoxy) is 1. The van der Waals surface area contributed by atoms with E-state index in [1.807, 2.05) is 6.07 Å². The Hall–Kier alpha value is -1.02. The Morgan fingerprint density at radius 3 is 3.06 bits per heavy atom. The van der Waals surface area contributed by atoms with Crippen molar-refractivity contribution in [1.82, 2.24) is 5.32 Å². The van der Waals surface area contributed by atoms with Crippen molar-refractivity contribution in [3.63, 3.8) is 0 Å². The molecule has 17 heavy (non-hydrogen) atoms. The lowest BCUT2D eigenvalue weighted by Gasteiger charge is -2.23. The summed E-state index contributed by atoms with van der Waals surface area (Å²) in [5.41, 5.74) is 1.35. The van der Waals surface area contributed by atoms with Crippen LogP contribution < -0.4 is 10.1 Å². The SMILES string of the molecule is CCc1cccc(OCC[C@H]2CCCCN2)c1. The van der Waals surface area contributed by atoms with Gasteiger partial charge in [0.1, 0.15) is 5.75 Å². The Balaban J connectivity index is 1.73. The van der Waals surface area contributed by atoms with Gasteiger partial charge in [-0.2, -0.15) is 0 Å². The lowest BCUT2D eigenvalue weighted by molar-refractivity contribution is 0.268. The van der Waals surface area contributed by atoms with Crippen LogP contribution in [0.2, 0.25) is 0 Å². The summed E-state index contributed by atoms with van der Waals surface area (Å²) < 4.78 is 5.81. The van der Waals surface area contributed by atoms with Gasteiger partial charge in [-0.3, -0.25) is 0 Å². The molecule has 1 atom stereocenters. The molecule has 0 bridgehead atoms. The molecule has 1 N–H and O–H groups in total. The molecular weight excluding hydrogens is 210 g/mol. The molecule has 1 aromatic rings. The Morgan fingerprint density at radius 1 is 1.35 bits per heavy atom. The number of nitrogens with one attached hydrogen (secondary N) is 1. The van der Waals surface area contributed by atoms with Crippen molar-refractivity contribution in [3.8, 4) is 5.75 Å². The fourth-order valence-corrected chi connectivity index (χ4v) is 2.34. The fraction of sp³-hybridized carbons (Fsp3) is 0.600. The van der Waals surface area contributed by atoms with Gasteiger partial charge in [-0.15, -0.1) is 0 Å². The first-order valence-corrected chi connectivity index (χ1v) is 6.83. The van der Waals surface area contributed by atoms with Gasteiger partial charge in [0.15, 0.2) is 0 Å². The first kappa shape index (κ1) is 12.4. The summed E-state index contributed by atoms with van der Waals surface area (Å²) in [6.45, 7) is 4.17. The lowest BCUT2D eigenvalue weighted by Crippen LogP contribution is -2.35. The zero-order valence-corrected chi connectivity index (χ0v) is 10.7. The molecule has 0 unspecified atom stereocenters. The minimum Gasteiger partial charge on any atom is -0.494 e. The predicted molar refractivity (Wildman–Crippen MR) is 71.6 cm³/mol. The molecular formula is C15H23NO. The minimum absolute atomic E-state index is 0.665. The van der Waals surface area contributed by atoms with Crippen LogP contribution in [0, 0.1) is 0 Å². The summed E-state index contributed by atoms with van der Waals surface area (Å²) in [7, 11) is 0. The summed E-state index contributed by atoms with van der Waals surface area (Å²) in [5.74, 6) is 1.01. The molecule has 1 aromatic carbocycles. The van der Waals surface area contributed by atoms with Crippen LogP contribution >= 0.6 is 0 Å². The third kappa shape index (κ3) is 4.04. The van der Waals surface area contributed by atoms with Crippen molar-refractivity contribution >= 4 is 0 Å². The standard InChI is InChI=1S/C15H23NO/c1-2-13-6-5-8-15(12-13)17-11-9-14-7-3-4-10-16-14/h5-6,8,12,14,16H,2-4,7,9-11H2,1H3/t14-/m1/s1. The highest BCUT2D eigenvalue weighted by Crippen LogP contribution is 2.15. The van der Waals surface area contributed by atoms with Crippen LogP contribution in [-0.2, 0) is 6.42 Å². The molecule has 0 amide bonds. The maximum atomic E-state index is 5.81. The number of hydrogen-bond acceptors (Lipinski definition) is 2. The van der Waals surface area contributed by atoms with Gasteiger partial charge in [-0.25, -0.2) is 0 Å². The summed E-state index contributed by atoms with van der Waals surface area (Å²) >= 11 is 0. The molecule has 1 aliphatic heterocycles. The largest absolute Gasteiger partial charge is 0.494 e. The van der Waals surface area contributed by atoms with Crippen molar-refractivity contribution in [2.75, 3.05) is 13.2 Å². The zero-order valence-electron chi connectivity index (χ0n) is 10.7. The van der Waals surface area contributed by atoms with Crippen LogP contribution in [0.1, 0.15) is 38.2 Å². The second-order valence-electron chi connectivity index (χ2n) is 4.78. The predicted octanol–water partition coefficient (Wildman–Crippen LogP) is 3.16. The molecule has 2 rings (SSSR count). The third-order valence-corrected chi connectivity index (χ3v) is 3.45. The number of benzene rings is 1. The first-order chi connectivity index (χ1) is 8.38. The molecule has 1 fully saturated rings. The van der Waals surface area contributed by atoms with Crippen LogP contribution in [0.15, 0.2) is 24.3 Å². The van der Waals surface area contributed by atoms with E-state index in [4.69, 9.17) is 4.74 Å². The molecule has 0 spiro atoms. The zero-order chi connectivity index (χ0) is 11.9. The van der Waals surface area contributed by atoms with E-state index in [0.29, 0.717) is 6.04 Å². The average Bonchev–Trinajstić information content (AvgIpc) is 2.40. The molecule has 2 nitrogen and oxygen atoms in total. The maximum absolute atomic E-state index is 5.81. The monoisotopic (exact) mass is 233 g/mol. The van der Waals surface area contributed by atoms with Gasteiger partial charge in [-0.05, 0) is 49.9 Å². The van der Waals surface area contributed by atoms with E-state index in [-0.39, 0.29) is 0 Å². The van der Waals surface area contributed by atoms with Gasteiger partial charge in [0.25, 0.3) is 0 Å². The molecule has 0 saturated carbocycles. The third-order valence-electron chi connectivity index (χ3n) is 3.45. The van der Waals surface area contributed by atoms with Gasteiger partial charge in [0.05, 0.1) is 6.61 Å². The minimum atomic E-state index is 0.665. The van der Waals surface area contributed by atoms with Gasteiger partial charge in [-0.1, -0.05) is 25.5 Å². The van der Waals surface area contributed by atoms with Gasteiger partial charge in [0.2, 0.25) is 0 Å². The van der Waals surface area contributed by atoms with Crippen molar-refractivity contribution in [2.45, 2.75) is 45.1 Å². The molecule has 1 aliphatic rings. The first-order valence-electron chi connectivity index (χ1n) is 6.83. The Morgan fingerprint density at radius 2 is 2.29 bits per heavy atom.